The van der Waals surface area contributed by atoms with Gasteiger partial charge in [0.2, 0.25) is 0 Å². The summed E-state index contributed by atoms with van der Waals surface area (Å²) in [6.45, 7) is 3.89. The van der Waals surface area contributed by atoms with Crippen molar-refractivity contribution in [1.29, 1.82) is 0 Å². The minimum Gasteiger partial charge on any atom is -0.507 e. The summed E-state index contributed by atoms with van der Waals surface area (Å²) in [5.74, 6) is -1.02. The summed E-state index contributed by atoms with van der Waals surface area (Å²) in [5.41, 5.74) is 3.86. The van der Waals surface area contributed by atoms with E-state index >= 15 is 0 Å². The number of anilines is 1. The average Bonchev–Trinajstić information content (AvgIpc) is 3.04. The largest absolute Gasteiger partial charge is 0.507 e. The Balaban J connectivity index is 1.95. The summed E-state index contributed by atoms with van der Waals surface area (Å²) < 4.78 is 5.31. The Bertz CT molecular complexity index is 1190. The van der Waals surface area contributed by atoms with Gasteiger partial charge in [-0.1, -0.05) is 65.7 Å². The average molecular weight is 413 g/mol. The number of Topliss-reactive ketones (excluding diaryl/α,β-unsaturated/α-hetero) is 1. The first-order valence-electron chi connectivity index (χ1n) is 9.99. The molecule has 1 unspecified atom stereocenters. The standard InChI is InChI=1S/C26H23NO4/c1-16-10-12-18(13-11-16)24(28)22-23(19-7-4-6-17(2)14-19)27(26(30)25(22)29)20-8-5-9-21(15-20)31-3/h4-15,23,28H,1-3H3/b24-22+. The molecule has 31 heavy (non-hydrogen) atoms. The number of methoxy groups -OCH3 is 1. The van der Waals surface area contributed by atoms with Gasteiger partial charge in [-0.2, -0.15) is 0 Å². The molecule has 1 aliphatic heterocycles. The lowest BCUT2D eigenvalue weighted by molar-refractivity contribution is -0.132. The second kappa shape index (κ2) is 8.11. The molecule has 1 amide bonds. The summed E-state index contributed by atoms with van der Waals surface area (Å²) in [7, 11) is 1.54. The van der Waals surface area contributed by atoms with Gasteiger partial charge >= 0.3 is 0 Å². The zero-order valence-electron chi connectivity index (χ0n) is 17.6. The number of ketones is 1. The van der Waals surface area contributed by atoms with Crippen LogP contribution in [0.2, 0.25) is 0 Å². The molecule has 0 spiro atoms. The third-order valence-corrected chi connectivity index (χ3v) is 5.46. The number of carbonyl (C=O) groups excluding carboxylic acids is 2. The highest BCUT2D eigenvalue weighted by Crippen LogP contribution is 2.42. The third kappa shape index (κ3) is 3.70. The topological polar surface area (TPSA) is 66.8 Å². The van der Waals surface area contributed by atoms with Gasteiger partial charge in [-0.15, -0.1) is 0 Å². The summed E-state index contributed by atoms with van der Waals surface area (Å²) in [5, 5.41) is 11.1. The van der Waals surface area contributed by atoms with Crippen molar-refractivity contribution in [1.82, 2.24) is 0 Å². The van der Waals surface area contributed by atoms with E-state index in [0.29, 0.717) is 17.0 Å². The zero-order valence-corrected chi connectivity index (χ0v) is 17.6. The predicted molar refractivity (Wildman–Crippen MR) is 120 cm³/mol. The van der Waals surface area contributed by atoms with Crippen molar-refractivity contribution in [3.05, 3.63) is 101 Å². The molecular weight excluding hydrogens is 390 g/mol. The molecule has 1 heterocycles. The molecule has 4 rings (SSSR count). The Kier molecular flexibility index (Phi) is 5.34. The van der Waals surface area contributed by atoms with Crippen LogP contribution < -0.4 is 9.64 Å². The van der Waals surface area contributed by atoms with E-state index < -0.39 is 17.7 Å². The Morgan fingerprint density at radius 1 is 0.903 bits per heavy atom. The highest BCUT2D eigenvalue weighted by atomic mass is 16.5. The molecule has 5 heteroatoms. The molecule has 0 radical (unpaired) electrons. The van der Waals surface area contributed by atoms with E-state index in [2.05, 4.69) is 0 Å². The lowest BCUT2D eigenvalue weighted by Gasteiger charge is -2.26. The van der Waals surface area contributed by atoms with Gasteiger partial charge in [0.05, 0.1) is 18.7 Å². The number of amides is 1. The Morgan fingerprint density at radius 3 is 2.29 bits per heavy atom. The van der Waals surface area contributed by atoms with Crippen molar-refractivity contribution in [2.24, 2.45) is 0 Å². The molecule has 1 N–H and O–H groups in total. The molecule has 3 aromatic rings. The van der Waals surface area contributed by atoms with Crippen LogP contribution in [-0.2, 0) is 9.59 Å². The molecule has 5 nitrogen and oxygen atoms in total. The van der Waals surface area contributed by atoms with E-state index in [1.807, 2.05) is 50.2 Å². The summed E-state index contributed by atoms with van der Waals surface area (Å²) in [6, 6.07) is 21.1. The van der Waals surface area contributed by atoms with Gasteiger partial charge in [0.25, 0.3) is 11.7 Å². The van der Waals surface area contributed by atoms with Crippen molar-refractivity contribution < 1.29 is 19.4 Å². The molecule has 3 aromatic carbocycles. The van der Waals surface area contributed by atoms with Crippen LogP contribution in [0.3, 0.4) is 0 Å². The minimum absolute atomic E-state index is 0.0715. The summed E-state index contributed by atoms with van der Waals surface area (Å²) in [6.07, 6.45) is 0. The number of aliphatic hydroxyl groups is 1. The number of hydrogen-bond acceptors (Lipinski definition) is 4. The second-order valence-electron chi connectivity index (χ2n) is 7.65. The third-order valence-electron chi connectivity index (χ3n) is 5.46. The number of hydrogen-bond donors (Lipinski definition) is 1. The lowest BCUT2D eigenvalue weighted by atomic mass is 9.94. The molecule has 1 fully saturated rings. The smallest absolute Gasteiger partial charge is 0.300 e. The number of ether oxygens (including phenoxy) is 1. The van der Waals surface area contributed by atoms with Crippen molar-refractivity contribution in [2.45, 2.75) is 19.9 Å². The van der Waals surface area contributed by atoms with Crippen LogP contribution in [0.15, 0.2) is 78.4 Å². The van der Waals surface area contributed by atoms with E-state index in [-0.39, 0.29) is 11.3 Å². The second-order valence-corrected chi connectivity index (χ2v) is 7.65. The van der Waals surface area contributed by atoms with E-state index in [1.54, 1.807) is 43.5 Å². The van der Waals surface area contributed by atoms with Gasteiger partial charge in [-0.3, -0.25) is 14.5 Å². The maximum atomic E-state index is 13.2. The fourth-order valence-electron chi connectivity index (χ4n) is 3.88. The molecular formula is C26H23NO4. The van der Waals surface area contributed by atoms with Crippen molar-refractivity contribution in [3.63, 3.8) is 0 Å². The van der Waals surface area contributed by atoms with E-state index in [0.717, 1.165) is 16.7 Å². The molecule has 1 atom stereocenters. The number of aliphatic hydroxyl groups excluding tert-OH is 1. The molecule has 0 aliphatic carbocycles. The number of benzene rings is 3. The SMILES string of the molecule is COc1cccc(N2C(=O)C(=O)/C(=C(/O)c3ccc(C)cc3)C2c2cccc(C)c2)c1. The minimum atomic E-state index is -0.756. The van der Waals surface area contributed by atoms with Gasteiger partial charge in [-0.25, -0.2) is 0 Å². The van der Waals surface area contributed by atoms with Crippen LogP contribution in [0.1, 0.15) is 28.3 Å². The predicted octanol–water partition coefficient (Wildman–Crippen LogP) is 4.94. The number of aryl methyl sites for hydroxylation is 2. The number of nitrogens with zero attached hydrogens (tertiary/aromatic N) is 1. The number of carbonyl (C=O) groups is 2. The Hall–Kier alpha value is -3.86. The van der Waals surface area contributed by atoms with E-state index in [9.17, 15) is 14.7 Å². The van der Waals surface area contributed by atoms with Crippen LogP contribution in [0.4, 0.5) is 5.69 Å². The van der Waals surface area contributed by atoms with Gasteiger partial charge in [0.15, 0.2) is 0 Å². The van der Waals surface area contributed by atoms with Crippen LogP contribution in [0.5, 0.6) is 5.75 Å². The molecule has 156 valence electrons. The van der Waals surface area contributed by atoms with Crippen molar-refractivity contribution in [3.8, 4) is 5.75 Å². The van der Waals surface area contributed by atoms with Crippen LogP contribution in [0.25, 0.3) is 5.76 Å². The van der Waals surface area contributed by atoms with Gasteiger partial charge in [0, 0.05) is 17.3 Å². The van der Waals surface area contributed by atoms with E-state index in [4.69, 9.17) is 4.74 Å². The molecule has 0 aromatic heterocycles. The normalized spacial score (nSPS) is 17.8. The monoisotopic (exact) mass is 413 g/mol. The molecule has 1 aliphatic rings. The quantitative estimate of drug-likeness (QED) is 0.374. The summed E-state index contributed by atoms with van der Waals surface area (Å²) in [4.78, 5) is 27.7. The molecule has 0 bridgehead atoms. The van der Waals surface area contributed by atoms with Gasteiger partial charge in [0.1, 0.15) is 11.5 Å². The summed E-state index contributed by atoms with van der Waals surface area (Å²) >= 11 is 0. The molecule has 0 saturated carbocycles. The van der Waals surface area contributed by atoms with Crippen molar-refractivity contribution >= 4 is 23.1 Å². The Morgan fingerprint density at radius 2 is 1.61 bits per heavy atom. The fraction of sp³-hybridized carbons (Fsp3) is 0.154. The van der Waals surface area contributed by atoms with Crippen molar-refractivity contribution in [2.75, 3.05) is 12.0 Å². The van der Waals surface area contributed by atoms with Crippen LogP contribution in [0, 0.1) is 13.8 Å². The first kappa shape index (κ1) is 20.4. The highest BCUT2D eigenvalue weighted by molar-refractivity contribution is 6.51. The first-order chi connectivity index (χ1) is 14.9. The highest BCUT2D eigenvalue weighted by Gasteiger charge is 2.47. The van der Waals surface area contributed by atoms with Gasteiger partial charge < -0.3 is 9.84 Å². The first-order valence-corrected chi connectivity index (χ1v) is 9.99. The number of rotatable bonds is 4. The zero-order chi connectivity index (χ0) is 22.1. The lowest BCUT2D eigenvalue weighted by Crippen LogP contribution is -2.29. The maximum Gasteiger partial charge on any atom is 0.300 e. The van der Waals surface area contributed by atoms with Gasteiger partial charge in [-0.05, 0) is 31.5 Å². The van der Waals surface area contributed by atoms with Crippen LogP contribution >= 0.6 is 0 Å². The maximum absolute atomic E-state index is 13.2. The van der Waals surface area contributed by atoms with E-state index in [1.165, 1.54) is 4.90 Å². The fourth-order valence-corrected chi connectivity index (χ4v) is 3.88. The molecule has 1 saturated heterocycles. The Labute approximate surface area is 181 Å². The van der Waals surface area contributed by atoms with Crippen LogP contribution in [-0.4, -0.2) is 23.9 Å².